The van der Waals surface area contributed by atoms with Gasteiger partial charge in [0.15, 0.2) is 5.16 Å². The first-order valence-electron chi connectivity index (χ1n) is 6.55. The van der Waals surface area contributed by atoms with E-state index in [1.807, 2.05) is 4.57 Å². The van der Waals surface area contributed by atoms with Crippen molar-refractivity contribution in [1.82, 2.24) is 20.1 Å². The zero-order valence-electron chi connectivity index (χ0n) is 11.5. The van der Waals surface area contributed by atoms with Crippen LogP contribution in [-0.2, 0) is 4.79 Å². The van der Waals surface area contributed by atoms with E-state index < -0.39 is 0 Å². The molecule has 0 aliphatic heterocycles. The third-order valence-electron chi connectivity index (χ3n) is 2.59. The van der Waals surface area contributed by atoms with Crippen LogP contribution in [0.1, 0.15) is 39.2 Å². The van der Waals surface area contributed by atoms with E-state index in [2.05, 4.69) is 29.4 Å². The Balaban J connectivity index is 2.21. The first-order chi connectivity index (χ1) is 9.15. The summed E-state index contributed by atoms with van der Waals surface area (Å²) in [6, 6.07) is 0.291. The van der Waals surface area contributed by atoms with Crippen molar-refractivity contribution in [2.45, 2.75) is 44.3 Å². The summed E-state index contributed by atoms with van der Waals surface area (Å²) >= 11 is 1.40. The standard InChI is InChI=1S/C12H22N4O2S/c1-10(2)16-9-14-15-12(16)19-8-11(18)13-6-4-3-5-7-17/h9-10,17H,3-8H2,1-2H3,(H,13,18). The van der Waals surface area contributed by atoms with Crippen molar-refractivity contribution in [2.75, 3.05) is 18.9 Å². The van der Waals surface area contributed by atoms with Gasteiger partial charge in [0.2, 0.25) is 5.91 Å². The van der Waals surface area contributed by atoms with Crippen LogP contribution in [0.5, 0.6) is 0 Å². The number of rotatable bonds is 9. The molecule has 1 aromatic rings. The van der Waals surface area contributed by atoms with Crippen molar-refractivity contribution >= 4 is 17.7 Å². The van der Waals surface area contributed by atoms with Crippen molar-refractivity contribution < 1.29 is 9.90 Å². The molecule has 1 rings (SSSR count). The molecule has 0 aliphatic rings. The average Bonchev–Trinajstić information content (AvgIpc) is 2.84. The zero-order valence-corrected chi connectivity index (χ0v) is 12.3. The molecule has 2 N–H and O–H groups in total. The highest BCUT2D eigenvalue weighted by Crippen LogP contribution is 2.18. The molecule has 0 radical (unpaired) electrons. The van der Waals surface area contributed by atoms with Gasteiger partial charge >= 0.3 is 0 Å². The maximum Gasteiger partial charge on any atom is 0.230 e. The monoisotopic (exact) mass is 286 g/mol. The molecule has 0 aliphatic carbocycles. The van der Waals surface area contributed by atoms with Crippen molar-refractivity contribution in [1.29, 1.82) is 0 Å². The SMILES string of the molecule is CC(C)n1cnnc1SCC(=O)NCCCCCO. The van der Waals surface area contributed by atoms with Crippen LogP contribution in [0.25, 0.3) is 0 Å². The minimum absolute atomic E-state index is 0.00676. The molecule has 0 spiro atoms. The van der Waals surface area contributed by atoms with Crippen LogP contribution < -0.4 is 5.32 Å². The van der Waals surface area contributed by atoms with E-state index in [0.29, 0.717) is 18.3 Å². The molecule has 0 unspecified atom stereocenters. The van der Waals surface area contributed by atoms with Crippen molar-refractivity contribution in [3.05, 3.63) is 6.33 Å². The van der Waals surface area contributed by atoms with Crippen LogP contribution in [0, 0.1) is 0 Å². The number of amides is 1. The molecule has 0 bridgehead atoms. The summed E-state index contributed by atoms with van der Waals surface area (Å²) in [5.41, 5.74) is 0. The van der Waals surface area contributed by atoms with E-state index in [-0.39, 0.29) is 12.5 Å². The summed E-state index contributed by atoms with van der Waals surface area (Å²) in [4.78, 5) is 11.6. The molecule has 108 valence electrons. The third kappa shape index (κ3) is 6.07. The van der Waals surface area contributed by atoms with Crippen LogP contribution in [0.15, 0.2) is 11.5 Å². The normalized spacial score (nSPS) is 10.9. The Kier molecular flexibility index (Phi) is 7.50. The van der Waals surface area contributed by atoms with Gasteiger partial charge in [-0.05, 0) is 33.1 Å². The van der Waals surface area contributed by atoms with E-state index in [0.717, 1.165) is 24.4 Å². The number of thioether (sulfide) groups is 1. The van der Waals surface area contributed by atoms with Crippen molar-refractivity contribution in [2.24, 2.45) is 0 Å². The number of aliphatic hydroxyl groups is 1. The number of carbonyl (C=O) groups is 1. The lowest BCUT2D eigenvalue weighted by atomic mass is 10.2. The molecule has 0 aromatic carbocycles. The summed E-state index contributed by atoms with van der Waals surface area (Å²) in [5.74, 6) is 0.359. The Morgan fingerprint density at radius 1 is 1.47 bits per heavy atom. The van der Waals surface area contributed by atoms with Gasteiger partial charge in [0.25, 0.3) is 0 Å². The number of carbonyl (C=O) groups excluding carboxylic acids is 1. The van der Waals surface area contributed by atoms with Gasteiger partial charge in [-0.2, -0.15) is 0 Å². The van der Waals surface area contributed by atoms with E-state index in [9.17, 15) is 4.79 Å². The quantitative estimate of drug-likeness (QED) is 0.527. The van der Waals surface area contributed by atoms with Gasteiger partial charge in [-0.15, -0.1) is 10.2 Å². The molecule has 1 aromatic heterocycles. The van der Waals surface area contributed by atoms with Crippen LogP contribution >= 0.6 is 11.8 Å². The molecule has 7 heteroatoms. The van der Waals surface area contributed by atoms with Gasteiger partial charge in [0.05, 0.1) is 5.75 Å². The molecular formula is C12H22N4O2S. The minimum Gasteiger partial charge on any atom is -0.396 e. The van der Waals surface area contributed by atoms with Gasteiger partial charge in [0.1, 0.15) is 6.33 Å². The Labute approximate surface area is 118 Å². The summed E-state index contributed by atoms with van der Waals surface area (Å²) in [7, 11) is 0. The molecular weight excluding hydrogens is 264 g/mol. The second-order valence-electron chi connectivity index (χ2n) is 4.54. The molecule has 1 heterocycles. The fourth-order valence-corrected chi connectivity index (χ4v) is 2.39. The van der Waals surface area contributed by atoms with Gasteiger partial charge in [-0.25, -0.2) is 0 Å². The highest BCUT2D eigenvalue weighted by atomic mass is 32.2. The summed E-state index contributed by atoms with van der Waals surface area (Å²) in [5, 5.41) is 20.1. The largest absolute Gasteiger partial charge is 0.396 e. The van der Waals surface area contributed by atoms with Gasteiger partial charge in [-0.1, -0.05) is 11.8 Å². The second-order valence-corrected chi connectivity index (χ2v) is 5.48. The fourth-order valence-electron chi connectivity index (χ4n) is 1.51. The molecule has 0 saturated carbocycles. The molecule has 6 nitrogen and oxygen atoms in total. The highest BCUT2D eigenvalue weighted by Gasteiger charge is 2.10. The maximum absolute atomic E-state index is 11.6. The zero-order chi connectivity index (χ0) is 14.1. The Hall–Kier alpha value is -1.08. The number of aromatic nitrogens is 3. The molecule has 0 saturated heterocycles. The molecule has 1 amide bonds. The second kappa shape index (κ2) is 8.92. The first-order valence-corrected chi connectivity index (χ1v) is 7.53. The van der Waals surface area contributed by atoms with E-state index >= 15 is 0 Å². The van der Waals surface area contributed by atoms with Crippen molar-refractivity contribution in [3.63, 3.8) is 0 Å². The van der Waals surface area contributed by atoms with Crippen LogP contribution in [-0.4, -0.2) is 44.7 Å². The molecule has 19 heavy (non-hydrogen) atoms. The topological polar surface area (TPSA) is 80.0 Å². The average molecular weight is 286 g/mol. The van der Waals surface area contributed by atoms with Gasteiger partial charge in [0, 0.05) is 19.2 Å². The van der Waals surface area contributed by atoms with Crippen LogP contribution in [0.4, 0.5) is 0 Å². The van der Waals surface area contributed by atoms with Crippen LogP contribution in [0.3, 0.4) is 0 Å². The number of hydrogen-bond donors (Lipinski definition) is 2. The summed E-state index contributed by atoms with van der Waals surface area (Å²) in [6.07, 6.45) is 4.31. The molecule has 0 fully saturated rings. The Morgan fingerprint density at radius 2 is 2.26 bits per heavy atom. The number of nitrogens with one attached hydrogen (secondary N) is 1. The van der Waals surface area contributed by atoms with Gasteiger partial charge in [-0.3, -0.25) is 4.79 Å². The highest BCUT2D eigenvalue weighted by molar-refractivity contribution is 7.99. The number of unbranched alkanes of at least 4 members (excludes halogenated alkanes) is 2. The van der Waals surface area contributed by atoms with E-state index in [1.165, 1.54) is 11.8 Å². The van der Waals surface area contributed by atoms with E-state index in [1.54, 1.807) is 6.33 Å². The molecule has 0 atom stereocenters. The lowest BCUT2D eigenvalue weighted by Gasteiger charge is -2.09. The first kappa shape index (κ1) is 16.0. The Bertz CT molecular complexity index is 382. The summed E-state index contributed by atoms with van der Waals surface area (Å²) in [6.45, 7) is 4.98. The lowest BCUT2D eigenvalue weighted by molar-refractivity contribution is -0.118. The number of hydrogen-bond acceptors (Lipinski definition) is 5. The predicted molar refractivity (Wildman–Crippen MR) is 75.1 cm³/mol. The summed E-state index contributed by atoms with van der Waals surface area (Å²) < 4.78 is 1.94. The fraction of sp³-hybridized carbons (Fsp3) is 0.750. The van der Waals surface area contributed by atoms with Crippen LogP contribution in [0.2, 0.25) is 0 Å². The third-order valence-corrected chi connectivity index (χ3v) is 3.54. The number of aliphatic hydroxyl groups excluding tert-OH is 1. The number of nitrogens with zero attached hydrogens (tertiary/aromatic N) is 3. The Morgan fingerprint density at radius 3 is 2.95 bits per heavy atom. The van der Waals surface area contributed by atoms with E-state index in [4.69, 9.17) is 5.11 Å². The van der Waals surface area contributed by atoms with Gasteiger partial charge < -0.3 is 15.0 Å². The minimum atomic E-state index is 0.00676. The maximum atomic E-state index is 11.6. The van der Waals surface area contributed by atoms with Crippen molar-refractivity contribution in [3.8, 4) is 0 Å². The predicted octanol–water partition coefficient (Wildman–Crippen LogP) is 1.23. The lowest BCUT2D eigenvalue weighted by Crippen LogP contribution is -2.26. The smallest absolute Gasteiger partial charge is 0.230 e.